The smallest absolute Gasteiger partial charge is 0.305 e. The van der Waals surface area contributed by atoms with Gasteiger partial charge >= 0.3 is 5.97 Å². The third-order valence-corrected chi connectivity index (χ3v) is 3.12. The van der Waals surface area contributed by atoms with E-state index in [9.17, 15) is 19.7 Å². The fourth-order valence-corrected chi connectivity index (χ4v) is 1.90. The maximum atomic E-state index is 12.0. The number of amides is 1. The predicted molar refractivity (Wildman–Crippen MR) is 75.4 cm³/mol. The molecule has 0 aliphatic carbocycles. The predicted octanol–water partition coefficient (Wildman–Crippen LogP) is 0.718. The molecule has 0 aliphatic heterocycles. The van der Waals surface area contributed by atoms with E-state index >= 15 is 0 Å². The number of carbonyl (C=O) groups excluding carboxylic acids is 1. The second-order valence-corrected chi connectivity index (χ2v) is 4.78. The number of rotatable bonds is 6. The molecule has 0 aromatic carbocycles. The number of nitro groups is 1. The van der Waals surface area contributed by atoms with Crippen molar-refractivity contribution in [1.29, 1.82) is 0 Å². The number of imidazole rings is 1. The molecule has 2 rings (SSSR count). The molecular formula is C13H14N4O5. The first kappa shape index (κ1) is 15.4. The number of likely N-dealkylation sites (N-methyl/N-ethyl adjacent to an activating group) is 1. The van der Waals surface area contributed by atoms with Gasteiger partial charge in [-0.05, 0) is 6.07 Å². The molecule has 9 nitrogen and oxygen atoms in total. The second-order valence-electron chi connectivity index (χ2n) is 4.78. The van der Waals surface area contributed by atoms with Crippen LogP contribution >= 0.6 is 0 Å². The topological polar surface area (TPSA) is 118 Å². The molecule has 0 bridgehead atoms. The van der Waals surface area contributed by atoms with Crippen LogP contribution < -0.4 is 0 Å². The van der Waals surface area contributed by atoms with Crippen molar-refractivity contribution < 1.29 is 19.6 Å². The van der Waals surface area contributed by atoms with Crippen molar-refractivity contribution in [2.45, 2.75) is 12.8 Å². The van der Waals surface area contributed by atoms with E-state index in [-0.39, 0.29) is 31.0 Å². The van der Waals surface area contributed by atoms with Crippen molar-refractivity contribution in [1.82, 2.24) is 14.3 Å². The minimum Gasteiger partial charge on any atom is -0.481 e. The van der Waals surface area contributed by atoms with E-state index in [0.29, 0.717) is 11.3 Å². The molecule has 0 radical (unpaired) electrons. The number of aromatic nitrogens is 2. The molecule has 0 saturated carbocycles. The molecule has 0 fully saturated rings. The Balaban J connectivity index is 2.09. The number of carbonyl (C=O) groups is 2. The highest BCUT2D eigenvalue weighted by Crippen LogP contribution is 2.14. The first-order valence-corrected chi connectivity index (χ1v) is 6.44. The molecule has 22 heavy (non-hydrogen) atoms. The van der Waals surface area contributed by atoms with E-state index in [1.54, 1.807) is 6.20 Å². The molecular weight excluding hydrogens is 292 g/mol. The first-order chi connectivity index (χ1) is 10.4. The monoisotopic (exact) mass is 306 g/mol. The van der Waals surface area contributed by atoms with Crippen LogP contribution in [0.4, 0.5) is 5.69 Å². The summed E-state index contributed by atoms with van der Waals surface area (Å²) in [5.41, 5.74) is 0.899. The molecule has 0 atom stereocenters. The SMILES string of the molecule is CN(CCC(=O)O)C(=O)Cc1cn2cc([N+](=O)[O-])ccc2n1. The van der Waals surface area contributed by atoms with Gasteiger partial charge in [-0.2, -0.15) is 0 Å². The van der Waals surface area contributed by atoms with E-state index in [2.05, 4.69) is 4.98 Å². The Labute approximate surface area is 124 Å². The largest absolute Gasteiger partial charge is 0.481 e. The van der Waals surface area contributed by atoms with E-state index in [1.807, 2.05) is 0 Å². The maximum absolute atomic E-state index is 12.0. The van der Waals surface area contributed by atoms with E-state index in [1.165, 1.54) is 34.7 Å². The van der Waals surface area contributed by atoms with Crippen molar-refractivity contribution in [3.05, 3.63) is 40.3 Å². The van der Waals surface area contributed by atoms with Crippen LogP contribution in [0.1, 0.15) is 12.1 Å². The number of fused-ring (bicyclic) bond motifs is 1. The Kier molecular flexibility index (Phi) is 4.35. The highest BCUT2D eigenvalue weighted by Gasteiger charge is 2.14. The van der Waals surface area contributed by atoms with Gasteiger partial charge in [0, 0.05) is 25.9 Å². The zero-order chi connectivity index (χ0) is 16.3. The Bertz CT molecular complexity index is 739. The molecule has 2 aromatic rings. The zero-order valence-electron chi connectivity index (χ0n) is 11.8. The Morgan fingerprint density at radius 1 is 1.41 bits per heavy atom. The van der Waals surface area contributed by atoms with Gasteiger partial charge in [0.2, 0.25) is 5.91 Å². The first-order valence-electron chi connectivity index (χ1n) is 6.44. The molecule has 1 N–H and O–H groups in total. The van der Waals surface area contributed by atoms with Gasteiger partial charge in [0.25, 0.3) is 5.69 Å². The summed E-state index contributed by atoms with van der Waals surface area (Å²) in [6, 6.07) is 2.84. The lowest BCUT2D eigenvalue weighted by Crippen LogP contribution is -2.30. The Morgan fingerprint density at radius 2 is 2.14 bits per heavy atom. The van der Waals surface area contributed by atoms with Crippen molar-refractivity contribution in [2.24, 2.45) is 0 Å². The van der Waals surface area contributed by atoms with Gasteiger partial charge in [-0.25, -0.2) is 4.98 Å². The van der Waals surface area contributed by atoms with Crippen LogP contribution in [-0.4, -0.2) is 49.8 Å². The summed E-state index contributed by atoms with van der Waals surface area (Å²) in [4.78, 5) is 38.2. The minimum atomic E-state index is -0.973. The van der Waals surface area contributed by atoms with Crippen LogP contribution in [0.5, 0.6) is 0 Å². The molecule has 2 aromatic heterocycles. The van der Waals surface area contributed by atoms with Crippen LogP contribution in [-0.2, 0) is 16.0 Å². The van der Waals surface area contributed by atoms with Crippen LogP contribution in [0.25, 0.3) is 5.65 Å². The minimum absolute atomic E-state index is 0.00555. The summed E-state index contributed by atoms with van der Waals surface area (Å²) in [6.45, 7) is 0.118. The number of pyridine rings is 1. The van der Waals surface area contributed by atoms with Crippen LogP contribution in [0.2, 0.25) is 0 Å². The lowest BCUT2D eigenvalue weighted by molar-refractivity contribution is -0.385. The van der Waals surface area contributed by atoms with Crippen LogP contribution in [0.3, 0.4) is 0 Å². The third-order valence-electron chi connectivity index (χ3n) is 3.12. The lowest BCUT2D eigenvalue weighted by atomic mass is 10.3. The van der Waals surface area contributed by atoms with Crippen molar-refractivity contribution in [3.8, 4) is 0 Å². The average Bonchev–Trinajstić information content (AvgIpc) is 2.85. The number of nitrogens with zero attached hydrogens (tertiary/aromatic N) is 4. The molecule has 0 unspecified atom stereocenters. The van der Waals surface area contributed by atoms with Gasteiger partial charge in [0.15, 0.2) is 0 Å². The van der Waals surface area contributed by atoms with Gasteiger partial charge in [-0.3, -0.25) is 24.1 Å². The zero-order valence-corrected chi connectivity index (χ0v) is 11.8. The molecule has 1 amide bonds. The van der Waals surface area contributed by atoms with Crippen LogP contribution in [0.15, 0.2) is 24.5 Å². The van der Waals surface area contributed by atoms with Gasteiger partial charge in [-0.1, -0.05) is 0 Å². The number of hydrogen-bond donors (Lipinski definition) is 1. The molecule has 9 heteroatoms. The fraction of sp³-hybridized carbons (Fsp3) is 0.308. The number of aliphatic carboxylic acids is 1. The van der Waals surface area contributed by atoms with Gasteiger partial charge in [-0.15, -0.1) is 0 Å². The van der Waals surface area contributed by atoms with Gasteiger partial charge in [0.05, 0.1) is 29.7 Å². The van der Waals surface area contributed by atoms with E-state index in [0.717, 1.165) is 0 Å². The fourth-order valence-electron chi connectivity index (χ4n) is 1.90. The number of carboxylic acids is 1. The maximum Gasteiger partial charge on any atom is 0.305 e. The lowest BCUT2D eigenvalue weighted by Gasteiger charge is -2.14. The standard InChI is InChI=1S/C13H14N4O5/c1-15(5-4-13(19)20)12(18)6-9-7-16-8-10(17(21)22)2-3-11(16)14-9/h2-3,7-8H,4-6H2,1H3,(H,19,20). The normalized spacial score (nSPS) is 10.6. The van der Waals surface area contributed by atoms with Crippen molar-refractivity contribution >= 4 is 23.2 Å². The van der Waals surface area contributed by atoms with E-state index < -0.39 is 10.9 Å². The summed E-state index contributed by atoms with van der Waals surface area (Å²) < 4.78 is 1.48. The van der Waals surface area contributed by atoms with Gasteiger partial charge in [0.1, 0.15) is 5.65 Å². The number of hydrogen-bond acceptors (Lipinski definition) is 5. The molecule has 0 aliphatic rings. The third kappa shape index (κ3) is 3.57. The second kappa shape index (κ2) is 6.20. The Morgan fingerprint density at radius 3 is 2.77 bits per heavy atom. The summed E-state index contributed by atoms with van der Waals surface area (Å²) in [7, 11) is 1.52. The summed E-state index contributed by atoms with van der Waals surface area (Å²) in [6.07, 6.45) is 2.75. The summed E-state index contributed by atoms with van der Waals surface area (Å²) >= 11 is 0. The highest BCUT2D eigenvalue weighted by atomic mass is 16.6. The highest BCUT2D eigenvalue weighted by molar-refractivity contribution is 5.79. The van der Waals surface area contributed by atoms with Crippen molar-refractivity contribution in [2.75, 3.05) is 13.6 Å². The quantitative estimate of drug-likeness (QED) is 0.620. The number of carboxylic acid groups (broad SMARTS) is 1. The van der Waals surface area contributed by atoms with E-state index in [4.69, 9.17) is 5.11 Å². The van der Waals surface area contributed by atoms with Gasteiger partial charge < -0.3 is 10.0 Å². The molecule has 116 valence electrons. The molecule has 0 saturated heterocycles. The van der Waals surface area contributed by atoms with Crippen LogP contribution in [0, 0.1) is 10.1 Å². The summed E-state index contributed by atoms with van der Waals surface area (Å²) in [5, 5.41) is 19.3. The van der Waals surface area contributed by atoms with Crippen molar-refractivity contribution in [3.63, 3.8) is 0 Å². The molecule has 0 spiro atoms. The summed E-state index contributed by atoms with van der Waals surface area (Å²) in [5.74, 6) is -1.24. The Hall–Kier alpha value is -2.97. The average molecular weight is 306 g/mol. The molecule has 2 heterocycles.